The maximum absolute atomic E-state index is 6.61. The number of hydrogen-bond donors (Lipinski definition) is 0. The number of nitrogens with zero attached hydrogens (tertiary/aromatic N) is 5. The first-order valence-corrected chi connectivity index (χ1v) is 15.6. The molecular weight excluding hydrogens is 578 g/mol. The molecule has 6 heteroatoms. The highest BCUT2D eigenvalue weighted by molar-refractivity contribution is 6.17. The third-order valence-electron chi connectivity index (χ3n) is 9.12. The van der Waals surface area contributed by atoms with E-state index in [1.807, 2.05) is 55.1 Å². The van der Waals surface area contributed by atoms with E-state index < -0.39 is 0 Å². The first-order chi connectivity index (χ1) is 23.3. The molecule has 0 spiro atoms. The van der Waals surface area contributed by atoms with Crippen molar-refractivity contribution < 1.29 is 4.74 Å². The summed E-state index contributed by atoms with van der Waals surface area (Å²) < 4.78 is 10.9. The average Bonchev–Trinajstić information content (AvgIpc) is 3.82. The number of benzene rings is 5. The molecule has 0 amide bonds. The van der Waals surface area contributed by atoms with Gasteiger partial charge in [0.15, 0.2) is 0 Å². The molecule has 5 aromatic heterocycles. The molecule has 6 nitrogen and oxygen atoms in total. The number of ether oxygens (including phenoxy) is 1. The van der Waals surface area contributed by atoms with Gasteiger partial charge in [-0.25, -0.2) is 15.0 Å². The fourth-order valence-corrected chi connectivity index (χ4v) is 7.07. The molecule has 220 valence electrons. The third kappa shape index (κ3) is 3.88. The van der Waals surface area contributed by atoms with E-state index in [2.05, 4.69) is 106 Å². The number of imidazole rings is 2. The zero-order chi connectivity index (χ0) is 30.9. The molecule has 0 bridgehead atoms. The van der Waals surface area contributed by atoms with Gasteiger partial charge in [0.1, 0.15) is 28.4 Å². The van der Waals surface area contributed by atoms with Gasteiger partial charge in [0.25, 0.3) is 0 Å². The maximum atomic E-state index is 6.61. The molecule has 5 heterocycles. The first kappa shape index (κ1) is 25.8. The Morgan fingerprint density at radius 3 is 2.00 bits per heavy atom. The Hall–Kier alpha value is -6.53. The Morgan fingerprint density at radius 1 is 0.489 bits per heavy atom. The fourth-order valence-electron chi connectivity index (χ4n) is 7.07. The van der Waals surface area contributed by atoms with Crippen LogP contribution in [0.3, 0.4) is 0 Å². The van der Waals surface area contributed by atoms with E-state index in [1.165, 1.54) is 16.5 Å². The number of fused-ring (bicyclic) bond motifs is 12. The highest BCUT2D eigenvalue weighted by Crippen LogP contribution is 2.39. The van der Waals surface area contributed by atoms with E-state index in [4.69, 9.17) is 19.7 Å². The van der Waals surface area contributed by atoms with E-state index in [0.29, 0.717) is 0 Å². The van der Waals surface area contributed by atoms with Crippen LogP contribution in [0.15, 0.2) is 152 Å². The Labute approximate surface area is 268 Å². The second-order valence-corrected chi connectivity index (χ2v) is 11.7. The minimum absolute atomic E-state index is 0.733. The van der Waals surface area contributed by atoms with Gasteiger partial charge in [0.2, 0.25) is 0 Å². The molecule has 0 fully saturated rings. The molecule has 47 heavy (non-hydrogen) atoms. The summed E-state index contributed by atoms with van der Waals surface area (Å²) in [6, 6.07) is 44.0. The highest BCUT2D eigenvalue weighted by atomic mass is 16.5. The first-order valence-electron chi connectivity index (χ1n) is 15.6. The number of pyridine rings is 3. The van der Waals surface area contributed by atoms with Gasteiger partial charge >= 0.3 is 0 Å². The summed E-state index contributed by atoms with van der Waals surface area (Å²) in [5.74, 6) is 1.47. The Morgan fingerprint density at radius 2 is 1.19 bits per heavy atom. The van der Waals surface area contributed by atoms with Gasteiger partial charge in [-0.2, -0.15) is 0 Å². The number of rotatable bonds is 4. The van der Waals surface area contributed by atoms with Crippen LogP contribution in [-0.4, -0.2) is 23.8 Å². The lowest BCUT2D eigenvalue weighted by Crippen LogP contribution is -1.96. The van der Waals surface area contributed by atoms with Crippen LogP contribution in [0.2, 0.25) is 0 Å². The van der Waals surface area contributed by atoms with Crippen LogP contribution in [0.5, 0.6) is 11.5 Å². The van der Waals surface area contributed by atoms with Crippen molar-refractivity contribution in [2.24, 2.45) is 0 Å². The van der Waals surface area contributed by atoms with Crippen LogP contribution in [0.1, 0.15) is 0 Å². The Bertz CT molecular complexity index is 2810. The molecule has 10 rings (SSSR count). The number of hydrogen-bond acceptors (Lipinski definition) is 4. The summed E-state index contributed by atoms with van der Waals surface area (Å²) >= 11 is 0. The van der Waals surface area contributed by atoms with Gasteiger partial charge in [-0.3, -0.25) is 8.80 Å². The molecule has 0 aliphatic rings. The predicted molar refractivity (Wildman–Crippen MR) is 189 cm³/mol. The predicted octanol–water partition coefficient (Wildman–Crippen LogP) is 10.1. The van der Waals surface area contributed by atoms with Gasteiger partial charge < -0.3 is 4.74 Å². The average molecular weight is 604 g/mol. The topological polar surface area (TPSA) is 56.7 Å². The van der Waals surface area contributed by atoms with Gasteiger partial charge in [-0.1, -0.05) is 72.8 Å². The monoisotopic (exact) mass is 603 g/mol. The Kier molecular flexibility index (Phi) is 5.48. The van der Waals surface area contributed by atoms with E-state index >= 15 is 0 Å². The van der Waals surface area contributed by atoms with Crippen LogP contribution in [0, 0.1) is 0 Å². The van der Waals surface area contributed by atoms with E-state index in [9.17, 15) is 0 Å². The van der Waals surface area contributed by atoms with E-state index in [1.54, 1.807) is 0 Å². The van der Waals surface area contributed by atoms with Gasteiger partial charge in [-0.05, 0) is 76.5 Å². The minimum atomic E-state index is 0.733. The fraction of sp³-hybridized carbons (Fsp3) is 0. The van der Waals surface area contributed by atoms with Crippen molar-refractivity contribution in [2.75, 3.05) is 0 Å². The SMILES string of the molecule is c1ccc(-c2cccc3c2c2ccc(Oc4ccc5c6cccnc6n6c(-c7ccccc7)cnc6c5c4)cc2c2nccn32)cc1. The van der Waals surface area contributed by atoms with Gasteiger partial charge in [0, 0.05) is 45.7 Å². The molecular formula is C41H25N5O. The largest absolute Gasteiger partial charge is 0.457 e. The van der Waals surface area contributed by atoms with Crippen molar-refractivity contribution in [3.63, 3.8) is 0 Å². The maximum Gasteiger partial charge on any atom is 0.146 e. The van der Waals surface area contributed by atoms with E-state index in [-0.39, 0.29) is 0 Å². The Balaban J connectivity index is 1.15. The lowest BCUT2D eigenvalue weighted by molar-refractivity contribution is 0.484. The van der Waals surface area contributed by atoms with Crippen molar-refractivity contribution in [3.8, 4) is 33.9 Å². The van der Waals surface area contributed by atoms with Crippen LogP contribution >= 0.6 is 0 Å². The van der Waals surface area contributed by atoms with Crippen LogP contribution in [0.25, 0.3) is 77.2 Å². The molecule has 0 atom stereocenters. The summed E-state index contributed by atoms with van der Waals surface area (Å²) in [5.41, 5.74) is 8.18. The highest BCUT2D eigenvalue weighted by Gasteiger charge is 2.17. The summed E-state index contributed by atoms with van der Waals surface area (Å²) in [6.45, 7) is 0. The van der Waals surface area contributed by atoms with E-state index in [0.717, 1.165) is 72.1 Å². The molecule has 0 N–H and O–H groups in total. The van der Waals surface area contributed by atoms with Gasteiger partial charge in [0.05, 0.1) is 17.4 Å². The van der Waals surface area contributed by atoms with Crippen molar-refractivity contribution in [1.29, 1.82) is 0 Å². The molecule has 0 aliphatic carbocycles. The second kappa shape index (κ2) is 9.99. The molecule has 0 radical (unpaired) electrons. The molecule has 0 aliphatic heterocycles. The van der Waals surface area contributed by atoms with Crippen molar-refractivity contribution >= 4 is 54.8 Å². The lowest BCUT2D eigenvalue weighted by atomic mass is 9.96. The zero-order valence-electron chi connectivity index (χ0n) is 25.1. The molecule has 0 saturated heterocycles. The van der Waals surface area contributed by atoms with Gasteiger partial charge in [-0.15, -0.1) is 0 Å². The molecule has 0 unspecified atom stereocenters. The number of aromatic nitrogens is 5. The zero-order valence-corrected chi connectivity index (χ0v) is 25.1. The normalized spacial score (nSPS) is 11.8. The van der Waals surface area contributed by atoms with Crippen LogP contribution in [-0.2, 0) is 0 Å². The summed E-state index contributed by atoms with van der Waals surface area (Å²) in [4.78, 5) is 14.5. The molecule has 10 aromatic rings. The lowest BCUT2D eigenvalue weighted by Gasteiger charge is -2.15. The minimum Gasteiger partial charge on any atom is -0.457 e. The smallest absolute Gasteiger partial charge is 0.146 e. The standard InChI is InChI=1S/C41H25N5O/c1-3-9-26(10-4-1)30-13-7-15-36-38(30)32-19-17-29(24-35(32)39-43-21-22-45(36)39)47-28-16-18-31-33-14-8-20-42-40(33)46-37(27-11-5-2-6-12-27)25-44-41(46)34(31)23-28/h1-25H. The second-order valence-electron chi connectivity index (χ2n) is 11.7. The quantitative estimate of drug-likeness (QED) is 0.188. The molecule has 5 aromatic carbocycles. The van der Waals surface area contributed by atoms with Crippen molar-refractivity contribution in [2.45, 2.75) is 0 Å². The van der Waals surface area contributed by atoms with Crippen LogP contribution < -0.4 is 4.74 Å². The third-order valence-corrected chi connectivity index (χ3v) is 9.12. The summed E-state index contributed by atoms with van der Waals surface area (Å²) in [6.07, 6.45) is 7.65. The van der Waals surface area contributed by atoms with Crippen molar-refractivity contribution in [3.05, 3.63) is 152 Å². The van der Waals surface area contributed by atoms with Crippen molar-refractivity contribution in [1.82, 2.24) is 23.8 Å². The summed E-state index contributed by atoms with van der Waals surface area (Å²) in [5, 5.41) is 6.49. The van der Waals surface area contributed by atoms with Crippen LogP contribution in [0.4, 0.5) is 0 Å². The molecule has 0 saturated carbocycles. The summed E-state index contributed by atoms with van der Waals surface area (Å²) in [7, 11) is 0.